The molecule has 0 radical (unpaired) electrons. The summed E-state index contributed by atoms with van der Waals surface area (Å²) in [7, 11) is 0. The van der Waals surface area contributed by atoms with Crippen LogP contribution >= 0.6 is 11.6 Å². The summed E-state index contributed by atoms with van der Waals surface area (Å²) in [6, 6.07) is 24.0. The van der Waals surface area contributed by atoms with E-state index in [0.29, 0.717) is 34.3 Å². The predicted molar refractivity (Wildman–Crippen MR) is 127 cm³/mol. The number of halogens is 1. The Morgan fingerprint density at radius 2 is 1.59 bits per heavy atom. The highest BCUT2D eigenvalue weighted by Crippen LogP contribution is 2.26. The lowest BCUT2D eigenvalue weighted by Crippen LogP contribution is -2.18. The first-order valence-corrected chi connectivity index (χ1v) is 10.6. The number of aromatic nitrogens is 2. The first kappa shape index (κ1) is 21.5. The van der Waals surface area contributed by atoms with Gasteiger partial charge in [0.1, 0.15) is 5.75 Å². The number of aryl methyl sites for hydroxylation is 1. The molecule has 0 spiro atoms. The minimum Gasteiger partial charge on any atom is -0.508 e. The van der Waals surface area contributed by atoms with Gasteiger partial charge in [0.25, 0.3) is 0 Å². The van der Waals surface area contributed by atoms with E-state index in [4.69, 9.17) is 16.6 Å². The zero-order valence-corrected chi connectivity index (χ0v) is 18.3. The van der Waals surface area contributed by atoms with E-state index in [-0.39, 0.29) is 18.1 Å². The Hall–Kier alpha value is -3.70. The zero-order chi connectivity index (χ0) is 22.5. The van der Waals surface area contributed by atoms with Crippen LogP contribution < -0.4 is 5.32 Å². The number of rotatable bonds is 6. The standard InChI is InChI=1S/C26H22ClN3O2/c1-17-25(20-9-13-22(31)14-10-20)29-23(15-18-5-3-2-4-6-18)26(28-17)30-24(32)16-19-7-11-21(27)12-8-19/h2-14,31H,15-16H2,1H3,(H,28,30,32). The summed E-state index contributed by atoms with van der Waals surface area (Å²) in [6.45, 7) is 1.86. The topological polar surface area (TPSA) is 75.1 Å². The number of benzene rings is 3. The second-order valence-electron chi connectivity index (χ2n) is 7.51. The van der Waals surface area contributed by atoms with Gasteiger partial charge in [0, 0.05) is 17.0 Å². The van der Waals surface area contributed by atoms with Crippen molar-refractivity contribution in [3.8, 4) is 17.0 Å². The van der Waals surface area contributed by atoms with Gasteiger partial charge >= 0.3 is 0 Å². The number of hydrogen-bond acceptors (Lipinski definition) is 4. The number of phenols is 1. The number of anilines is 1. The fourth-order valence-electron chi connectivity index (χ4n) is 3.42. The average molecular weight is 444 g/mol. The highest BCUT2D eigenvalue weighted by atomic mass is 35.5. The Labute approximate surface area is 191 Å². The van der Waals surface area contributed by atoms with Crippen LogP contribution in [0.3, 0.4) is 0 Å². The van der Waals surface area contributed by atoms with Gasteiger partial charge in [-0.3, -0.25) is 4.79 Å². The van der Waals surface area contributed by atoms with Crippen molar-refractivity contribution in [3.05, 3.63) is 106 Å². The highest BCUT2D eigenvalue weighted by Gasteiger charge is 2.16. The molecule has 0 fully saturated rings. The summed E-state index contributed by atoms with van der Waals surface area (Å²) in [6.07, 6.45) is 0.734. The van der Waals surface area contributed by atoms with Gasteiger partial charge in [0.15, 0.2) is 5.82 Å². The maximum Gasteiger partial charge on any atom is 0.229 e. The van der Waals surface area contributed by atoms with Gasteiger partial charge in [-0.15, -0.1) is 0 Å². The number of aromatic hydroxyl groups is 1. The number of phenolic OH excluding ortho intramolecular Hbond substituents is 1. The van der Waals surface area contributed by atoms with Crippen LogP contribution in [0.2, 0.25) is 5.02 Å². The molecule has 32 heavy (non-hydrogen) atoms. The molecule has 1 amide bonds. The van der Waals surface area contributed by atoms with Crippen LogP contribution in [-0.2, 0) is 17.6 Å². The summed E-state index contributed by atoms with van der Waals surface area (Å²) >= 11 is 5.93. The van der Waals surface area contributed by atoms with Crippen LogP contribution in [-0.4, -0.2) is 21.0 Å². The summed E-state index contributed by atoms with van der Waals surface area (Å²) in [5.41, 5.74) is 4.86. The van der Waals surface area contributed by atoms with Crippen molar-refractivity contribution in [2.75, 3.05) is 5.32 Å². The molecular formula is C26H22ClN3O2. The van der Waals surface area contributed by atoms with Crippen molar-refractivity contribution >= 4 is 23.3 Å². The molecule has 0 saturated carbocycles. The van der Waals surface area contributed by atoms with Crippen LogP contribution in [0, 0.1) is 6.92 Å². The molecule has 2 N–H and O–H groups in total. The third-order valence-electron chi connectivity index (χ3n) is 5.03. The van der Waals surface area contributed by atoms with E-state index in [1.165, 1.54) is 0 Å². The zero-order valence-electron chi connectivity index (χ0n) is 17.5. The second kappa shape index (κ2) is 9.62. The smallest absolute Gasteiger partial charge is 0.229 e. The molecule has 0 atom stereocenters. The van der Waals surface area contributed by atoms with Gasteiger partial charge in [-0.1, -0.05) is 54.1 Å². The molecule has 160 valence electrons. The number of hydrogen-bond donors (Lipinski definition) is 2. The highest BCUT2D eigenvalue weighted by molar-refractivity contribution is 6.30. The van der Waals surface area contributed by atoms with Gasteiger partial charge < -0.3 is 10.4 Å². The van der Waals surface area contributed by atoms with Crippen molar-refractivity contribution in [2.24, 2.45) is 0 Å². The van der Waals surface area contributed by atoms with E-state index < -0.39 is 0 Å². The Balaban J connectivity index is 1.66. The summed E-state index contributed by atoms with van der Waals surface area (Å²) in [5.74, 6) is 0.468. The molecule has 6 heteroatoms. The molecule has 1 heterocycles. The third-order valence-corrected chi connectivity index (χ3v) is 5.29. The van der Waals surface area contributed by atoms with Gasteiger partial charge in [0.05, 0.1) is 23.5 Å². The van der Waals surface area contributed by atoms with E-state index in [0.717, 1.165) is 16.7 Å². The fourth-order valence-corrected chi connectivity index (χ4v) is 3.55. The maximum absolute atomic E-state index is 12.7. The van der Waals surface area contributed by atoms with Crippen molar-refractivity contribution < 1.29 is 9.90 Å². The molecule has 3 aromatic carbocycles. The lowest BCUT2D eigenvalue weighted by molar-refractivity contribution is -0.115. The van der Waals surface area contributed by atoms with E-state index in [9.17, 15) is 9.90 Å². The summed E-state index contributed by atoms with van der Waals surface area (Å²) < 4.78 is 0. The largest absolute Gasteiger partial charge is 0.508 e. The third kappa shape index (κ3) is 5.31. The number of amides is 1. The SMILES string of the molecule is Cc1nc(NC(=O)Cc2ccc(Cl)cc2)c(Cc2ccccc2)nc1-c1ccc(O)cc1. The Kier molecular flexibility index (Phi) is 6.47. The Morgan fingerprint density at radius 1 is 0.906 bits per heavy atom. The van der Waals surface area contributed by atoms with Crippen LogP contribution in [0.1, 0.15) is 22.5 Å². The van der Waals surface area contributed by atoms with E-state index in [1.54, 1.807) is 36.4 Å². The molecule has 0 bridgehead atoms. The van der Waals surface area contributed by atoms with E-state index in [2.05, 4.69) is 10.3 Å². The van der Waals surface area contributed by atoms with Crippen LogP contribution in [0.5, 0.6) is 5.75 Å². The minimum absolute atomic E-state index is 0.173. The van der Waals surface area contributed by atoms with Gasteiger partial charge in [-0.25, -0.2) is 9.97 Å². The summed E-state index contributed by atoms with van der Waals surface area (Å²) in [4.78, 5) is 22.3. The molecular weight excluding hydrogens is 422 g/mol. The molecule has 0 saturated heterocycles. The molecule has 4 rings (SSSR count). The monoisotopic (exact) mass is 443 g/mol. The predicted octanol–water partition coefficient (Wildman–Crippen LogP) is 5.58. The molecule has 5 nitrogen and oxygen atoms in total. The number of carbonyl (C=O) groups excluding carboxylic acids is 1. The Morgan fingerprint density at radius 3 is 2.28 bits per heavy atom. The molecule has 0 unspecified atom stereocenters. The first-order valence-electron chi connectivity index (χ1n) is 10.2. The van der Waals surface area contributed by atoms with Crippen molar-refractivity contribution in [1.29, 1.82) is 0 Å². The quantitative estimate of drug-likeness (QED) is 0.407. The van der Waals surface area contributed by atoms with Crippen LogP contribution in [0.25, 0.3) is 11.3 Å². The fraction of sp³-hybridized carbons (Fsp3) is 0.115. The minimum atomic E-state index is -0.173. The lowest BCUT2D eigenvalue weighted by Gasteiger charge is -2.14. The number of nitrogens with zero attached hydrogens (tertiary/aromatic N) is 2. The van der Waals surface area contributed by atoms with Crippen LogP contribution in [0.15, 0.2) is 78.9 Å². The van der Waals surface area contributed by atoms with E-state index >= 15 is 0 Å². The number of carbonyl (C=O) groups is 1. The first-order chi connectivity index (χ1) is 15.5. The normalized spacial score (nSPS) is 10.7. The Bertz CT molecular complexity index is 1220. The van der Waals surface area contributed by atoms with Crippen molar-refractivity contribution in [3.63, 3.8) is 0 Å². The van der Waals surface area contributed by atoms with E-state index in [1.807, 2.05) is 49.4 Å². The van der Waals surface area contributed by atoms with Gasteiger partial charge in [0.2, 0.25) is 5.91 Å². The molecule has 0 aliphatic rings. The molecule has 1 aromatic heterocycles. The lowest BCUT2D eigenvalue weighted by atomic mass is 10.1. The molecule has 4 aromatic rings. The maximum atomic E-state index is 12.7. The average Bonchev–Trinajstić information content (AvgIpc) is 2.78. The number of nitrogens with one attached hydrogen (secondary N) is 1. The van der Waals surface area contributed by atoms with Gasteiger partial charge in [-0.2, -0.15) is 0 Å². The summed E-state index contributed by atoms with van der Waals surface area (Å²) in [5, 5.41) is 13.2. The molecule has 0 aliphatic carbocycles. The van der Waals surface area contributed by atoms with Gasteiger partial charge in [-0.05, 0) is 54.4 Å². The second-order valence-corrected chi connectivity index (χ2v) is 7.95. The van der Waals surface area contributed by atoms with Crippen molar-refractivity contribution in [1.82, 2.24) is 9.97 Å². The van der Waals surface area contributed by atoms with Crippen molar-refractivity contribution in [2.45, 2.75) is 19.8 Å². The molecule has 0 aliphatic heterocycles. The van der Waals surface area contributed by atoms with Crippen LogP contribution in [0.4, 0.5) is 5.82 Å².